The molecule has 0 bridgehead atoms. The van der Waals surface area contributed by atoms with Crippen molar-refractivity contribution < 1.29 is 17.9 Å². The molecule has 1 saturated carbocycles. The lowest BCUT2D eigenvalue weighted by molar-refractivity contribution is -0.137. The molecule has 0 N–H and O–H groups in total. The molecule has 4 aromatic rings. The summed E-state index contributed by atoms with van der Waals surface area (Å²) in [4.78, 5) is 14.0. The van der Waals surface area contributed by atoms with Gasteiger partial charge in [-0.25, -0.2) is 22.6 Å². The van der Waals surface area contributed by atoms with Gasteiger partial charge in [0.15, 0.2) is 11.5 Å². The minimum atomic E-state index is -2.71. The van der Waals surface area contributed by atoms with E-state index in [1.54, 1.807) is 18.5 Å². The molecular formula is C28H32ClF3N8O. The Labute approximate surface area is 240 Å². The fourth-order valence-corrected chi connectivity index (χ4v) is 7.10. The van der Waals surface area contributed by atoms with Crippen molar-refractivity contribution in [3.63, 3.8) is 0 Å². The van der Waals surface area contributed by atoms with Crippen LogP contribution in [0.25, 0.3) is 16.9 Å². The molecule has 1 aliphatic carbocycles. The second kappa shape index (κ2) is 10.1. The van der Waals surface area contributed by atoms with Gasteiger partial charge in [0.05, 0.1) is 19.0 Å². The van der Waals surface area contributed by atoms with Gasteiger partial charge in [0.25, 0.3) is 5.78 Å². The summed E-state index contributed by atoms with van der Waals surface area (Å²) in [5.41, 5.74) is 2.01. The van der Waals surface area contributed by atoms with Gasteiger partial charge >= 0.3 is 0 Å². The Morgan fingerprint density at radius 1 is 1.15 bits per heavy atom. The predicted molar refractivity (Wildman–Crippen MR) is 148 cm³/mol. The van der Waals surface area contributed by atoms with Crippen LogP contribution in [0.1, 0.15) is 51.1 Å². The number of aromatic nitrogens is 6. The standard InChI is InChI=1S/C28H32ClF3N8O/c1-16-12-39(17(2)11-38(16)24(18-9-28(31,32)10-18)21-6-5-19(29)8-22(21)30)25-23-26(40-15-34-36-27(40)35-25)37(14-33-23)13-20-4-3-7-41-20/h5-6,8,14-18,20,24H,3-4,7,9-13H2,1-2H3/t16-,17+,20+,24?/m1/s1. The molecule has 1 aromatic carbocycles. The quantitative estimate of drug-likeness (QED) is 0.309. The van der Waals surface area contributed by atoms with Crippen LogP contribution in [0.2, 0.25) is 5.02 Å². The van der Waals surface area contributed by atoms with Gasteiger partial charge in [0.1, 0.15) is 17.7 Å². The number of hydrogen-bond acceptors (Lipinski definition) is 7. The van der Waals surface area contributed by atoms with Crippen molar-refractivity contribution in [1.82, 2.24) is 34.0 Å². The highest BCUT2D eigenvalue weighted by atomic mass is 35.5. The fraction of sp³-hybridized carbons (Fsp3) is 0.571. The Balaban J connectivity index is 1.22. The van der Waals surface area contributed by atoms with E-state index in [9.17, 15) is 8.78 Å². The van der Waals surface area contributed by atoms with Crippen LogP contribution >= 0.6 is 11.6 Å². The normalized spacial score (nSPS) is 26.2. The number of benzene rings is 1. The fourth-order valence-electron chi connectivity index (χ4n) is 6.94. The second-order valence-corrected chi connectivity index (χ2v) is 12.3. The molecule has 5 heterocycles. The Morgan fingerprint density at radius 2 is 1.98 bits per heavy atom. The first-order chi connectivity index (χ1) is 19.7. The Morgan fingerprint density at radius 3 is 2.71 bits per heavy atom. The SMILES string of the molecule is C[C@@H]1CN(c2nc3nncn3c3c2ncn3C[C@@H]2CCCO2)[C@@H](C)CN1C(c1ccc(Cl)cc1F)C1CC(F)(F)C1. The van der Waals surface area contributed by atoms with E-state index in [0.29, 0.717) is 36.8 Å². The van der Waals surface area contributed by atoms with Crippen molar-refractivity contribution in [2.24, 2.45) is 5.92 Å². The molecule has 4 atom stereocenters. The van der Waals surface area contributed by atoms with Gasteiger partial charge in [0, 0.05) is 61.2 Å². The maximum Gasteiger partial charge on any atom is 0.258 e. The zero-order valence-electron chi connectivity index (χ0n) is 22.9. The molecule has 0 radical (unpaired) electrons. The Hall–Kier alpha value is -2.96. The topological polar surface area (TPSA) is 76.6 Å². The Kier molecular flexibility index (Phi) is 6.62. The summed E-state index contributed by atoms with van der Waals surface area (Å²) in [6.45, 7) is 6.67. The number of halogens is 4. The average Bonchev–Trinajstić information content (AvgIpc) is 3.67. The van der Waals surface area contributed by atoms with E-state index in [0.717, 1.165) is 30.6 Å². The predicted octanol–water partition coefficient (Wildman–Crippen LogP) is 5.13. The molecule has 218 valence electrons. The largest absolute Gasteiger partial charge is 0.376 e. The first kappa shape index (κ1) is 26.9. The van der Waals surface area contributed by atoms with Crippen LogP contribution < -0.4 is 4.90 Å². The summed E-state index contributed by atoms with van der Waals surface area (Å²) in [7, 11) is 0. The maximum atomic E-state index is 15.2. The molecular weight excluding hydrogens is 557 g/mol. The summed E-state index contributed by atoms with van der Waals surface area (Å²) in [5.74, 6) is -2.35. The van der Waals surface area contributed by atoms with E-state index < -0.39 is 17.8 Å². The van der Waals surface area contributed by atoms with Crippen LogP contribution in [0.15, 0.2) is 30.9 Å². The first-order valence-electron chi connectivity index (χ1n) is 14.2. The second-order valence-electron chi connectivity index (χ2n) is 11.8. The van der Waals surface area contributed by atoms with Crippen LogP contribution in [0.5, 0.6) is 0 Å². The number of nitrogens with zero attached hydrogens (tertiary/aromatic N) is 8. The molecule has 0 amide bonds. The molecule has 41 heavy (non-hydrogen) atoms. The summed E-state index contributed by atoms with van der Waals surface area (Å²) in [6.07, 6.45) is 5.13. The molecule has 13 heteroatoms. The minimum absolute atomic E-state index is 0.0611. The lowest BCUT2D eigenvalue weighted by atomic mass is 9.73. The third-order valence-corrected chi connectivity index (χ3v) is 9.16. The van der Waals surface area contributed by atoms with Crippen molar-refractivity contribution in [2.45, 2.75) is 76.2 Å². The van der Waals surface area contributed by atoms with Gasteiger partial charge in [-0.3, -0.25) is 4.90 Å². The smallest absolute Gasteiger partial charge is 0.258 e. The zero-order valence-corrected chi connectivity index (χ0v) is 23.7. The van der Waals surface area contributed by atoms with Gasteiger partial charge in [-0.15, -0.1) is 10.2 Å². The third-order valence-electron chi connectivity index (χ3n) is 8.92. The number of hydrogen-bond donors (Lipinski definition) is 0. The summed E-state index contributed by atoms with van der Waals surface area (Å²) in [6, 6.07) is 3.92. The van der Waals surface area contributed by atoms with Crippen molar-refractivity contribution in [3.8, 4) is 0 Å². The van der Waals surface area contributed by atoms with E-state index in [-0.39, 0.29) is 42.0 Å². The van der Waals surface area contributed by atoms with Crippen LogP contribution in [0.3, 0.4) is 0 Å². The molecule has 9 nitrogen and oxygen atoms in total. The monoisotopic (exact) mass is 588 g/mol. The number of ether oxygens (including phenoxy) is 1. The van der Waals surface area contributed by atoms with Crippen LogP contribution in [0, 0.1) is 11.7 Å². The van der Waals surface area contributed by atoms with Gasteiger partial charge in [0.2, 0.25) is 5.92 Å². The first-order valence-corrected chi connectivity index (χ1v) is 14.6. The molecule has 2 aliphatic heterocycles. The third kappa shape index (κ3) is 4.73. The highest BCUT2D eigenvalue weighted by Gasteiger charge is 2.52. The number of rotatable bonds is 6. The van der Waals surface area contributed by atoms with Crippen molar-refractivity contribution >= 4 is 34.4 Å². The van der Waals surface area contributed by atoms with Gasteiger partial charge in [-0.05, 0) is 44.7 Å². The number of imidazole rings is 1. The highest BCUT2D eigenvalue weighted by Crippen LogP contribution is 2.51. The van der Waals surface area contributed by atoms with Crippen molar-refractivity contribution in [3.05, 3.63) is 47.3 Å². The van der Waals surface area contributed by atoms with Crippen molar-refractivity contribution in [1.29, 1.82) is 0 Å². The average molecular weight is 589 g/mol. The van der Waals surface area contributed by atoms with E-state index >= 15 is 4.39 Å². The molecule has 3 aromatic heterocycles. The lowest BCUT2D eigenvalue weighted by Crippen LogP contribution is -2.59. The maximum absolute atomic E-state index is 15.2. The highest BCUT2D eigenvalue weighted by molar-refractivity contribution is 6.30. The molecule has 7 rings (SSSR count). The summed E-state index contributed by atoms with van der Waals surface area (Å²) < 4.78 is 53.1. The number of anilines is 1. The summed E-state index contributed by atoms with van der Waals surface area (Å²) >= 11 is 6.04. The van der Waals surface area contributed by atoms with Crippen molar-refractivity contribution in [2.75, 3.05) is 24.6 Å². The van der Waals surface area contributed by atoms with E-state index in [4.69, 9.17) is 26.3 Å². The zero-order chi connectivity index (χ0) is 28.5. The summed E-state index contributed by atoms with van der Waals surface area (Å²) in [5, 5.41) is 8.63. The Bertz CT molecular complexity index is 1580. The van der Waals surface area contributed by atoms with Crippen LogP contribution in [-0.4, -0.2) is 77.8 Å². The van der Waals surface area contributed by atoms with Crippen LogP contribution in [0.4, 0.5) is 19.0 Å². The number of alkyl halides is 2. The number of piperazine rings is 1. The molecule has 3 aliphatic rings. The van der Waals surface area contributed by atoms with E-state index in [2.05, 4.69) is 38.4 Å². The molecule has 1 unspecified atom stereocenters. The number of fused-ring (bicyclic) bond motifs is 3. The van der Waals surface area contributed by atoms with Gasteiger partial charge < -0.3 is 14.2 Å². The molecule has 0 spiro atoms. The van der Waals surface area contributed by atoms with Crippen LogP contribution in [-0.2, 0) is 11.3 Å². The van der Waals surface area contributed by atoms with Gasteiger partial charge in [-0.2, -0.15) is 4.98 Å². The van der Waals surface area contributed by atoms with E-state index in [1.165, 1.54) is 6.07 Å². The van der Waals surface area contributed by atoms with E-state index in [1.807, 2.05) is 10.7 Å². The van der Waals surface area contributed by atoms with Gasteiger partial charge in [-0.1, -0.05) is 17.7 Å². The lowest BCUT2D eigenvalue weighted by Gasteiger charge is -2.52. The molecule has 3 fully saturated rings. The molecule has 2 saturated heterocycles. The minimum Gasteiger partial charge on any atom is -0.376 e.